The van der Waals surface area contributed by atoms with Gasteiger partial charge in [0.25, 0.3) is 0 Å². The van der Waals surface area contributed by atoms with Gasteiger partial charge in [0.2, 0.25) is 0 Å². The molecule has 5 heteroatoms. The van der Waals surface area contributed by atoms with Crippen LogP contribution in [0.25, 0.3) is 10.2 Å². The predicted molar refractivity (Wildman–Crippen MR) is 75.9 cm³/mol. The second-order valence-electron chi connectivity index (χ2n) is 5.66. The number of rotatable bonds is 4. The Labute approximate surface area is 116 Å². The van der Waals surface area contributed by atoms with Crippen molar-refractivity contribution in [1.82, 2.24) is 4.98 Å². The van der Waals surface area contributed by atoms with E-state index in [1.54, 1.807) is 17.4 Å². The number of fused-ring (bicyclic) bond motifs is 1. The summed E-state index contributed by atoms with van der Waals surface area (Å²) >= 11 is 1.63. The topological polar surface area (TPSA) is 59.4 Å². The van der Waals surface area contributed by atoms with Crippen LogP contribution in [0.15, 0.2) is 18.2 Å². The highest BCUT2D eigenvalue weighted by molar-refractivity contribution is 7.18. The molecule has 1 N–H and O–H groups in total. The second-order valence-corrected chi connectivity index (χ2v) is 6.77. The van der Waals surface area contributed by atoms with Crippen LogP contribution in [0.3, 0.4) is 0 Å². The van der Waals surface area contributed by atoms with E-state index in [0.717, 1.165) is 21.6 Å². The Hall–Kier alpha value is -1.62. The number of benzene rings is 1. The van der Waals surface area contributed by atoms with Crippen molar-refractivity contribution in [3.8, 4) is 5.75 Å². The number of carboxylic acids is 1. The van der Waals surface area contributed by atoms with Crippen LogP contribution in [0.2, 0.25) is 0 Å². The first-order valence-corrected chi connectivity index (χ1v) is 6.89. The molecule has 0 spiro atoms. The van der Waals surface area contributed by atoms with Gasteiger partial charge in [-0.1, -0.05) is 20.8 Å². The van der Waals surface area contributed by atoms with Crippen LogP contribution in [0.5, 0.6) is 5.75 Å². The van der Waals surface area contributed by atoms with Gasteiger partial charge in [-0.05, 0) is 23.6 Å². The zero-order valence-electron chi connectivity index (χ0n) is 11.3. The summed E-state index contributed by atoms with van der Waals surface area (Å²) in [6.07, 6.45) is 0.928. The third kappa shape index (κ3) is 3.92. The Morgan fingerprint density at radius 2 is 2.16 bits per heavy atom. The molecule has 0 radical (unpaired) electrons. The molecule has 0 aliphatic carbocycles. The standard InChI is InChI=1S/C14H17NO3S/c1-14(2,3)7-12-15-10-5-4-9(6-11(10)19-12)18-8-13(16)17/h4-6H,7-8H2,1-3H3,(H,16,17). The van der Waals surface area contributed by atoms with Crippen LogP contribution in [-0.2, 0) is 11.2 Å². The molecule has 0 amide bonds. The van der Waals surface area contributed by atoms with Gasteiger partial charge < -0.3 is 9.84 Å². The molecular formula is C14H17NO3S. The lowest BCUT2D eigenvalue weighted by Gasteiger charge is -2.15. The molecule has 2 rings (SSSR count). The number of carbonyl (C=O) groups is 1. The molecule has 1 aromatic heterocycles. The fourth-order valence-corrected chi connectivity index (χ4v) is 3.01. The van der Waals surface area contributed by atoms with Crippen LogP contribution in [0.1, 0.15) is 25.8 Å². The van der Waals surface area contributed by atoms with E-state index in [4.69, 9.17) is 9.84 Å². The van der Waals surface area contributed by atoms with Gasteiger partial charge >= 0.3 is 5.97 Å². The maximum atomic E-state index is 10.5. The summed E-state index contributed by atoms with van der Waals surface area (Å²) in [7, 11) is 0. The number of hydrogen-bond donors (Lipinski definition) is 1. The van der Waals surface area contributed by atoms with Crippen molar-refractivity contribution < 1.29 is 14.6 Å². The first-order chi connectivity index (χ1) is 8.83. The highest BCUT2D eigenvalue weighted by Gasteiger charge is 2.15. The molecule has 0 aliphatic heterocycles. The van der Waals surface area contributed by atoms with Crippen LogP contribution < -0.4 is 4.74 Å². The van der Waals surface area contributed by atoms with Crippen LogP contribution in [-0.4, -0.2) is 22.7 Å². The summed E-state index contributed by atoms with van der Waals surface area (Å²) in [5.41, 5.74) is 1.14. The molecular weight excluding hydrogens is 262 g/mol. The summed E-state index contributed by atoms with van der Waals surface area (Å²) in [6.45, 7) is 6.22. The van der Waals surface area contributed by atoms with Gasteiger partial charge in [-0.25, -0.2) is 9.78 Å². The quantitative estimate of drug-likeness (QED) is 0.932. The minimum Gasteiger partial charge on any atom is -0.482 e. The van der Waals surface area contributed by atoms with E-state index in [0.29, 0.717) is 5.75 Å². The molecule has 0 aliphatic rings. The smallest absolute Gasteiger partial charge is 0.341 e. The number of nitrogens with zero attached hydrogens (tertiary/aromatic N) is 1. The van der Waals surface area contributed by atoms with Gasteiger partial charge in [0.15, 0.2) is 6.61 Å². The van der Waals surface area contributed by atoms with Gasteiger partial charge in [-0.15, -0.1) is 11.3 Å². The third-order valence-corrected chi connectivity index (χ3v) is 3.47. The van der Waals surface area contributed by atoms with Crippen molar-refractivity contribution in [1.29, 1.82) is 0 Å². The van der Waals surface area contributed by atoms with Crippen LogP contribution in [0.4, 0.5) is 0 Å². The average Bonchev–Trinajstić information content (AvgIpc) is 2.64. The van der Waals surface area contributed by atoms with Crippen molar-refractivity contribution in [3.05, 3.63) is 23.2 Å². The molecule has 0 fully saturated rings. The highest BCUT2D eigenvalue weighted by Crippen LogP contribution is 2.30. The van der Waals surface area contributed by atoms with E-state index in [-0.39, 0.29) is 12.0 Å². The Kier molecular flexibility index (Phi) is 3.75. The summed E-state index contributed by atoms with van der Waals surface area (Å²) in [6, 6.07) is 5.48. The second kappa shape index (κ2) is 5.17. The monoisotopic (exact) mass is 279 g/mol. The number of carboxylic acid groups (broad SMARTS) is 1. The van der Waals surface area contributed by atoms with E-state index in [2.05, 4.69) is 25.8 Å². The maximum Gasteiger partial charge on any atom is 0.341 e. The van der Waals surface area contributed by atoms with E-state index in [9.17, 15) is 4.79 Å². The molecule has 0 bridgehead atoms. The molecule has 102 valence electrons. The molecule has 0 unspecified atom stereocenters. The molecule has 19 heavy (non-hydrogen) atoms. The summed E-state index contributed by atoms with van der Waals surface area (Å²) < 4.78 is 6.19. The minimum absolute atomic E-state index is 0.205. The van der Waals surface area contributed by atoms with Gasteiger partial charge in [-0.2, -0.15) is 0 Å². The van der Waals surface area contributed by atoms with E-state index < -0.39 is 5.97 Å². The Morgan fingerprint density at radius 3 is 2.79 bits per heavy atom. The zero-order chi connectivity index (χ0) is 14.0. The first-order valence-electron chi connectivity index (χ1n) is 6.07. The molecule has 1 aromatic carbocycles. The zero-order valence-corrected chi connectivity index (χ0v) is 12.1. The molecule has 0 saturated heterocycles. The van der Waals surface area contributed by atoms with Crippen molar-refractivity contribution in [2.45, 2.75) is 27.2 Å². The number of aromatic nitrogens is 1. The Morgan fingerprint density at radius 1 is 1.42 bits per heavy atom. The number of ether oxygens (including phenoxy) is 1. The largest absolute Gasteiger partial charge is 0.482 e. The van der Waals surface area contributed by atoms with Crippen molar-refractivity contribution in [3.63, 3.8) is 0 Å². The number of thiazole rings is 1. The third-order valence-electron chi connectivity index (χ3n) is 2.45. The van der Waals surface area contributed by atoms with E-state index in [1.165, 1.54) is 0 Å². The van der Waals surface area contributed by atoms with Crippen LogP contribution in [0, 0.1) is 5.41 Å². The normalized spacial score (nSPS) is 11.7. The van der Waals surface area contributed by atoms with E-state index >= 15 is 0 Å². The fourth-order valence-electron chi connectivity index (χ4n) is 1.72. The summed E-state index contributed by atoms with van der Waals surface area (Å²) in [4.78, 5) is 15.0. The Bertz CT molecular complexity index is 598. The molecule has 2 aromatic rings. The van der Waals surface area contributed by atoms with Gasteiger partial charge in [0.05, 0.1) is 15.2 Å². The number of hydrogen-bond acceptors (Lipinski definition) is 4. The van der Waals surface area contributed by atoms with Gasteiger partial charge in [0, 0.05) is 6.42 Å². The lowest BCUT2D eigenvalue weighted by atomic mass is 9.93. The van der Waals surface area contributed by atoms with Crippen molar-refractivity contribution in [2.24, 2.45) is 5.41 Å². The Balaban J connectivity index is 2.21. The lowest BCUT2D eigenvalue weighted by Crippen LogP contribution is -2.09. The first kappa shape index (κ1) is 13.8. The average molecular weight is 279 g/mol. The van der Waals surface area contributed by atoms with Crippen LogP contribution >= 0.6 is 11.3 Å². The van der Waals surface area contributed by atoms with Gasteiger partial charge in [-0.3, -0.25) is 0 Å². The summed E-state index contributed by atoms with van der Waals surface area (Å²) in [5, 5.41) is 9.68. The molecule has 4 nitrogen and oxygen atoms in total. The van der Waals surface area contributed by atoms with Crippen molar-refractivity contribution in [2.75, 3.05) is 6.61 Å². The lowest BCUT2D eigenvalue weighted by molar-refractivity contribution is -0.139. The van der Waals surface area contributed by atoms with Crippen molar-refractivity contribution >= 4 is 27.5 Å². The molecule has 0 atom stereocenters. The highest BCUT2D eigenvalue weighted by atomic mass is 32.1. The van der Waals surface area contributed by atoms with E-state index in [1.807, 2.05) is 12.1 Å². The minimum atomic E-state index is -0.974. The van der Waals surface area contributed by atoms with Gasteiger partial charge in [0.1, 0.15) is 5.75 Å². The molecule has 0 saturated carbocycles. The number of aliphatic carboxylic acids is 1. The maximum absolute atomic E-state index is 10.5. The fraction of sp³-hybridized carbons (Fsp3) is 0.429. The summed E-state index contributed by atoms with van der Waals surface area (Å²) in [5.74, 6) is -0.404. The molecule has 1 heterocycles. The predicted octanol–water partition coefficient (Wildman–Crippen LogP) is 3.35. The SMILES string of the molecule is CC(C)(C)Cc1nc2ccc(OCC(=O)O)cc2s1.